The lowest BCUT2D eigenvalue weighted by molar-refractivity contribution is -0.119. The Morgan fingerprint density at radius 2 is 1.87 bits per heavy atom. The number of carbonyl (C=O) groups excluding carboxylic acids is 2. The van der Waals surface area contributed by atoms with Gasteiger partial charge in [0.1, 0.15) is 0 Å². The summed E-state index contributed by atoms with van der Waals surface area (Å²) < 4.78 is 4.99. The van der Waals surface area contributed by atoms with E-state index in [9.17, 15) is 9.59 Å². The first-order valence-electron chi connectivity index (χ1n) is 6.56. The molecule has 2 aromatic carbocycles. The van der Waals surface area contributed by atoms with E-state index >= 15 is 0 Å². The molecule has 0 radical (unpaired) electrons. The molecule has 0 heterocycles. The van der Waals surface area contributed by atoms with Crippen LogP contribution in [0.5, 0.6) is 0 Å². The van der Waals surface area contributed by atoms with Crippen LogP contribution >= 0.6 is 35.0 Å². The third-order valence-corrected chi connectivity index (χ3v) is 4.26. The number of rotatable bonds is 5. The number of benzene rings is 2. The highest BCUT2D eigenvalue weighted by molar-refractivity contribution is 7.98. The van der Waals surface area contributed by atoms with Crippen molar-refractivity contribution >= 4 is 52.5 Å². The number of esters is 1. The SMILES string of the molecule is CSc1ccc(Cl)c(C(=O)OCC(=O)Nc2ccccc2Cl)c1. The first kappa shape index (κ1) is 17.7. The number of halogens is 2. The number of anilines is 1. The predicted octanol–water partition coefficient (Wildman–Crippen LogP) is 4.51. The zero-order valence-corrected chi connectivity index (χ0v) is 14.5. The molecule has 0 aliphatic heterocycles. The monoisotopic (exact) mass is 369 g/mol. The Kier molecular flexibility index (Phi) is 6.33. The lowest BCUT2D eigenvalue weighted by Crippen LogP contribution is -2.21. The molecule has 0 saturated carbocycles. The van der Waals surface area contributed by atoms with Gasteiger partial charge in [-0.3, -0.25) is 4.79 Å². The van der Waals surface area contributed by atoms with Gasteiger partial charge in [-0.1, -0.05) is 35.3 Å². The molecule has 0 aliphatic carbocycles. The normalized spacial score (nSPS) is 10.2. The summed E-state index contributed by atoms with van der Waals surface area (Å²) in [6, 6.07) is 11.8. The number of para-hydroxylation sites is 1. The van der Waals surface area contributed by atoms with Gasteiger partial charge in [0.25, 0.3) is 5.91 Å². The fraction of sp³-hybridized carbons (Fsp3) is 0.125. The van der Waals surface area contributed by atoms with Gasteiger partial charge in [-0.15, -0.1) is 11.8 Å². The molecule has 7 heteroatoms. The van der Waals surface area contributed by atoms with Crippen LogP contribution in [0, 0.1) is 0 Å². The van der Waals surface area contributed by atoms with Gasteiger partial charge in [0.05, 0.1) is 21.3 Å². The Morgan fingerprint density at radius 1 is 1.13 bits per heavy atom. The summed E-state index contributed by atoms with van der Waals surface area (Å²) in [5, 5.41) is 3.25. The maximum atomic E-state index is 12.0. The van der Waals surface area contributed by atoms with Crippen molar-refractivity contribution in [2.45, 2.75) is 4.90 Å². The first-order valence-corrected chi connectivity index (χ1v) is 8.54. The molecule has 2 aromatic rings. The molecule has 0 aromatic heterocycles. The van der Waals surface area contributed by atoms with E-state index in [0.29, 0.717) is 10.7 Å². The summed E-state index contributed by atoms with van der Waals surface area (Å²) in [5.41, 5.74) is 0.682. The van der Waals surface area contributed by atoms with E-state index in [1.54, 1.807) is 42.5 Å². The predicted molar refractivity (Wildman–Crippen MR) is 93.6 cm³/mol. The number of ether oxygens (including phenoxy) is 1. The molecule has 0 aliphatic rings. The van der Waals surface area contributed by atoms with E-state index in [2.05, 4.69) is 5.32 Å². The van der Waals surface area contributed by atoms with Gasteiger partial charge in [-0.2, -0.15) is 0 Å². The van der Waals surface area contributed by atoms with Crippen LogP contribution < -0.4 is 5.32 Å². The number of hydrogen-bond donors (Lipinski definition) is 1. The number of carbonyl (C=O) groups is 2. The summed E-state index contributed by atoms with van der Waals surface area (Å²) >= 11 is 13.4. The Bertz CT molecular complexity index is 737. The van der Waals surface area contributed by atoms with Crippen molar-refractivity contribution in [1.29, 1.82) is 0 Å². The van der Waals surface area contributed by atoms with Crippen LogP contribution in [0.15, 0.2) is 47.4 Å². The standard InChI is InChI=1S/C16H13Cl2NO3S/c1-23-10-6-7-12(17)11(8-10)16(21)22-9-15(20)19-14-5-3-2-4-13(14)18/h2-8H,9H2,1H3,(H,19,20). The highest BCUT2D eigenvalue weighted by Gasteiger charge is 2.15. The third-order valence-electron chi connectivity index (χ3n) is 2.88. The summed E-state index contributed by atoms with van der Waals surface area (Å²) in [5.74, 6) is -1.14. The van der Waals surface area contributed by atoms with Crippen LogP contribution in [-0.2, 0) is 9.53 Å². The van der Waals surface area contributed by atoms with Crippen molar-refractivity contribution in [2.24, 2.45) is 0 Å². The molecule has 0 spiro atoms. The summed E-state index contributed by atoms with van der Waals surface area (Å²) in [7, 11) is 0. The maximum Gasteiger partial charge on any atom is 0.340 e. The molecule has 0 atom stereocenters. The molecule has 4 nitrogen and oxygen atoms in total. The van der Waals surface area contributed by atoms with E-state index in [4.69, 9.17) is 27.9 Å². The maximum absolute atomic E-state index is 12.0. The molecule has 2 rings (SSSR count). The zero-order chi connectivity index (χ0) is 16.8. The van der Waals surface area contributed by atoms with Crippen LogP contribution in [-0.4, -0.2) is 24.7 Å². The minimum atomic E-state index is -0.653. The van der Waals surface area contributed by atoms with Gasteiger partial charge in [0.15, 0.2) is 6.61 Å². The highest BCUT2D eigenvalue weighted by Crippen LogP contribution is 2.24. The van der Waals surface area contributed by atoms with Crippen LogP contribution in [0.4, 0.5) is 5.69 Å². The Balaban J connectivity index is 1.96. The number of thioether (sulfide) groups is 1. The van der Waals surface area contributed by atoms with Crippen LogP contribution in [0.25, 0.3) is 0 Å². The molecule has 1 N–H and O–H groups in total. The van der Waals surface area contributed by atoms with Gasteiger partial charge in [0, 0.05) is 4.90 Å². The average Bonchev–Trinajstić information content (AvgIpc) is 2.55. The summed E-state index contributed by atoms with van der Waals surface area (Å²) in [6.45, 7) is -0.427. The Labute approximate surface area is 148 Å². The van der Waals surface area contributed by atoms with E-state index in [-0.39, 0.29) is 10.6 Å². The molecule has 0 bridgehead atoms. The molecular formula is C16H13Cl2NO3S. The van der Waals surface area contributed by atoms with Gasteiger partial charge in [-0.25, -0.2) is 4.79 Å². The van der Waals surface area contributed by atoms with E-state index in [0.717, 1.165) is 4.90 Å². The molecular weight excluding hydrogens is 357 g/mol. The quantitative estimate of drug-likeness (QED) is 0.622. The lowest BCUT2D eigenvalue weighted by atomic mass is 10.2. The van der Waals surface area contributed by atoms with Crippen molar-refractivity contribution in [2.75, 3.05) is 18.2 Å². The number of hydrogen-bond acceptors (Lipinski definition) is 4. The molecule has 23 heavy (non-hydrogen) atoms. The van der Waals surface area contributed by atoms with Gasteiger partial charge in [0.2, 0.25) is 0 Å². The van der Waals surface area contributed by atoms with E-state index in [1.165, 1.54) is 11.8 Å². The van der Waals surface area contributed by atoms with Crippen molar-refractivity contribution in [3.63, 3.8) is 0 Å². The number of amides is 1. The van der Waals surface area contributed by atoms with Crippen LogP contribution in [0.3, 0.4) is 0 Å². The van der Waals surface area contributed by atoms with Crippen LogP contribution in [0.2, 0.25) is 10.0 Å². The average molecular weight is 370 g/mol. The fourth-order valence-electron chi connectivity index (χ4n) is 1.75. The highest BCUT2D eigenvalue weighted by atomic mass is 35.5. The summed E-state index contributed by atoms with van der Waals surface area (Å²) in [4.78, 5) is 24.7. The van der Waals surface area contributed by atoms with E-state index in [1.807, 2.05) is 6.26 Å². The second kappa shape index (κ2) is 8.24. The Morgan fingerprint density at radius 3 is 2.57 bits per heavy atom. The second-order valence-electron chi connectivity index (χ2n) is 4.45. The minimum Gasteiger partial charge on any atom is -0.452 e. The topological polar surface area (TPSA) is 55.4 Å². The summed E-state index contributed by atoms with van der Waals surface area (Å²) in [6.07, 6.45) is 1.88. The van der Waals surface area contributed by atoms with Crippen molar-refractivity contribution < 1.29 is 14.3 Å². The fourth-order valence-corrected chi connectivity index (χ4v) is 2.56. The number of nitrogens with one attached hydrogen (secondary N) is 1. The first-order chi connectivity index (χ1) is 11.0. The smallest absolute Gasteiger partial charge is 0.340 e. The van der Waals surface area contributed by atoms with Crippen molar-refractivity contribution in [3.8, 4) is 0 Å². The van der Waals surface area contributed by atoms with Crippen molar-refractivity contribution in [1.82, 2.24) is 0 Å². The Hall–Kier alpha value is -1.69. The molecule has 0 saturated heterocycles. The van der Waals surface area contributed by atoms with Crippen molar-refractivity contribution in [3.05, 3.63) is 58.1 Å². The molecule has 1 amide bonds. The van der Waals surface area contributed by atoms with E-state index < -0.39 is 18.5 Å². The van der Waals surface area contributed by atoms with Gasteiger partial charge in [-0.05, 0) is 36.6 Å². The lowest BCUT2D eigenvalue weighted by Gasteiger charge is -2.09. The second-order valence-corrected chi connectivity index (χ2v) is 6.14. The van der Waals surface area contributed by atoms with Gasteiger partial charge >= 0.3 is 5.97 Å². The largest absolute Gasteiger partial charge is 0.452 e. The molecule has 0 fully saturated rings. The third kappa shape index (κ3) is 4.89. The molecule has 120 valence electrons. The minimum absolute atomic E-state index is 0.226. The van der Waals surface area contributed by atoms with Crippen LogP contribution in [0.1, 0.15) is 10.4 Å². The molecule has 0 unspecified atom stereocenters. The van der Waals surface area contributed by atoms with Gasteiger partial charge < -0.3 is 10.1 Å². The zero-order valence-electron chi connectivity index (χ0n) is 12.1.